The Bertz CT molecular complexity index is 2190. The van der Waals surface area contributed by atoms with Crippen LogP contribution in [0.1, 0.15) is 30.0 Å². The van der Waals surface area contributed by atoms with Crippen molar-refractivity contribution in [3.05, 3.63) is 138 Å². The predicted octanol–water partition coefficient (Wildman–Crippen LogP) is 9.15. The molecule has 6 nitrogen and oxygen atoms in total. The fourth-order valence-corrected chi connectivity index (χ4v) is 7.26. The Morgan fingerprint density at radius 2 is 1.21 bits per heavy atom. The number of para-hydroxylation sites is 2. The Labute approximate surface area is 280 Å². The van der Waals surface area contributed by atoms with Gasteiger partial charge in [0, 0.05) is 81.1 Å². The molecule has 11 rings (SSSR count). The molecule has 4 aliphatic rings. The molecule has 0 N–H and O–H groups in total. The first-order chi connectivity index (χ1) is 23.5. The second-order valence-electron chi connectivity index (χ2n) is 12.9. The molecular weight excluding hydrogens is 594 g/mol. The maximum Gasteiger partial charge on any atom is 0.333 e. The van der Waals surface area contributed by atoms with E-state index in [9.17, 15) is 4.79 Å². The van der Waals surface area contributed by atoms with Gasteiger partial charge in [-0.05, 0) is 78.6 Å². The molecule has 6 heterocycles. The zero-order valence-corrected chi connectivity index (χ0v) is 27.3. The largest absolute Gasteiger partial charge is 0.460 e. The van der Waals surface area contributed by atoms with E-state index in [-0.39, 0.29) is 12.6 Å². The van der Waals surface area contributed by atoms with Crippen LogP contribution in [0.5, 0.6) is 0 Å². The van der Waals surface area contributed by atoms with Gasteiger partial charge in [0.2, 0.25) is 0 Å². The van der Waals surface area contributed by atoms with Crippen LogP contribution in [-0.2, 0) is 47.1 Å². The Morgan fingerprint density at radius 1 is 0.667 bits per heavy atom. The molecule has 7 aromatic rings. The van der Waals surface area contributed by atoms with Crippen molar-refractivity contribution in [3.63, 3.8) is 0 Å². The van der Waals surface area contributed by atoms with Crippen LogP contribution >= 0.6 is 0 Å². The first kappa shape index (κ1) is 30.0. The third-order valence-corrected chi connectivity index (χ3v) is 9.56. The summed E-state index contributed by atoms with van der Waals surface area (Å²) in [5.74, 6) is -0.388. The highest BCUT2D eigenvalue weighted by Crippen LogP contribution is 2.34. The van der Waals surface area contributed by atoms with Crippen molar-refractivity contribution in [1.29, 1.82) is 0 Å². The van der Waals surface area contributed by atoms with E-state index in [4.69, 9.17) is 9.47 Å². The molecule has 2 aromatic heterocycles. The second kappa shape index (κ2) is 12.7. The first-order valence-electron chi connectivity index (χ1n) is 16.8. The average molecular weight is 634 g/mol. The molecule has 0 unspecified atom stereocenters. The number of aryl methyl sites for hydroxylation is 2. The maximum absolute atomic E-state index is 11.6. The Morgan fingerprint density at radius 3 is 1.77 bits per heavy atom. The minimum atomic E-state index is -0.388. The Hall–Kier alpha value is -5.33. The minimum Gasteiger partial charge on any atom is -0.460 e. The lowest BCUT2D eigenvalue weighted by molar-refractivity contribution is -0.140. The third-order valence-electron chi connectivity index (χ3n) is 9.56. The highest BCUT2D eigenvalue weighted by Gasteiger charge is 2.17. The smallest absolute Gasteiger partial charge is 0.333 e. The van der Waals surface area contributed by atoms with E-state index in [1.165, 1.54) is 54.7 Å². The number of aromatic nitrogens is 2. The number of rotatable bonds is 7. The van der Waals surface area contributed by atoms with Crippen LogP contribution in [0.3, 0.4) is 0 Å². The third kappa shape index (κ3) is 5.62. The van der Waals surface area contributed by atoms with Crippen LogP contribution in [0, 0.1) is 0 Å². The van der Waals surface area contributed by atoms with E-state index >= 15 is 0 Å². The van der Waals surface area contributed by atoms with E-state index in [0.717, 1.165) is 43.9 Å². The summed E-state index contributed by atoms with van der Waals surface area (Å²) < 4.78 is 16.0. The number of fused-ring (bicyclic) bond motifs is 2. The van der Waals surface area contributed by atoms with Crippen molar-refractivity contribution < 1.29 is 14.3 Å². The molecule has 48 heavy (non-hydrogen) atoms. The van der Waals surface area contributed by atoms with Crippen molar-refractivity contribution in [2.45, 2.75) is 46.1 Å². The number of anilines is 1. The van der Waals surface area contributed by atoms with Crippen molar-refractivity contribution in [3.8, 4) is 0 Å². The number of nitrogens with zero attached hydrogens (tertiary/aromatic N) is 3. The SMILES string of the molecule is C=C(C)C(=O)OCCOCc1ccc(N2Cc3ccc4c(c3)c3ccccc3n4CCCn3c4ccccc4c4cc(ccc43)C2)cc1. The lowest BCUT2D eigenvalue weighted by atomic mass is 10.1. The highest BCUT2D eigenvalue weighted by molar-refractivity contribution is 6.09. The minimum absolute atomic E-state index is 0.212. The molecular formula is C42H39N3O3. The molecule has 0 spiro atoms. The van der Waals surface area contributed by atoms with Crippen LogP contribution < -0.4 is 4.90 Å². The van der Waals surface area contributed by atoms with Crippen molar-refractivity contribution in [2.24, 2.45) is 0 Å². The lowest BCUT2D eigenvalue weighted by Crippen LogP contribution is -2.22. The molecule has 0 aliphatic carbocycles. The maximum atomic E-state index is 11.6. The standard InChI is InChI=1S/C42H39N3O3/c1-29(2)42(46)48-23-22-47-28-30-12-16-33(17-13-30)43-26-31-14-18-40-36(24-31)34-8-3-5-10-38(34)44(40)20-7-21-45-39-11-6-4-9-35(39)37-25-32(27-43)15-19-41(37)45/h3-6,8-19,24-25H,1,7,20-23,26-28H2,2H3. The average Bonchev–Trinajstić information content (AvgIpc) is 3.59. The number of hydrogen-bond acceptors (Lipinski definition) is 4. The molecule has 0 amide bonds. The fraction of sp³-hybridized carbons (Fsp3) is 0.214. The zero-order valence-electron chi connectivity index (χ0n) is 27.3. The van der Waals surface area contributed by atoms with E-state index in [1.54, 1.807) is 6.92 Å². The van der Waals surface area contributed by atoms with Gasteiger partial charge in [0.05, 0.1) is 13.2 Å². The summed E-state index contributed by atoms with van der Waals surface area (Å²) >= 11 is 0. The van der Waals surface area contributed by atoms with Crippen molar-refractivity contribution >= 4 is 55.3 Å². The number of esters is 1. The lowest BCUT2D eigenvalue weighted by Gasteiger charge is -2.26. The quantitative estimate of drug-likeness (QED) is 0.0998. The van der Waals surface area contributed by atoms with Gasteiger partial charge in [-0.2, -0.15) is 0 Å². The van der Waals surface area contributed by atoms with Gasteiger partial charge in [-0.15, -0.1) is 0 Å². The summed E-state index contributed by atoms with van der Waals surface area (Å²) in [5, 5.41) is 5.25. The van der Waals surface area contributed by atoms with Crippen LogP contribution in [0.2, 0.25) is 0 Å². The summed E-state index contributed by atoms with van der Waals surface area (Å²) in [7, 11) is 0. The van der Waals surface area contributed by atoms with Gasteiger partial charge in [0.1, 0.15) is 6.61 Å². The van der Waals surface area contributed by atoms with E-state index in [2.05, 4.69) is 130 Å². The summed E-state index contributed by atoms with van der Waals surface area (Å²) in [6, 6.07) is 40.3. The normalized spacial score (nSPS) is 13.6. The van der Waals surface area contributed by atoms with E-state index in [1.807, 2.05) is 0 Å². The van der Waals surface area contributed by atoms with Gasteiger partial charge in [0.25, 0.3) is 0 Å². The van der Waals surface area contributed by atoms with Gasteiger partial charge in [0.15, 0.2) is 0 Å². The van der Waals surface area contributed by atoms with Crippen molar-refractivity contribution in [2.75, 3.05) is 18.1 Å². The second-order valence-corrected chi connectivity index (χ2v) is 12.9. The molecule has 8 bridgehead atoms. The van der Waals surface area contributed by atoms with Crippen LogP contribution in [-0.4, -0.2) is 28.3 Å². The number of hydrogen-bond donors (Lipinski definition) is 0. The summed E-state index contributed by atoms with van der Waals surface area (Å²) in [4.78, 5) is 14.1. The Kier molecular flexibility index (Phi) is 7.95. The summed E-state index contributed by atoms with van der Waals surface area (Å²) in [6.45, 7) is 9.72. The zero-order chi connectivity index (χ0) is 32.6. The number of benzene rings is 5. The monoisotopic (exact) mass is 633 g/mol. The predicted molar refractivity (Wildman–Crippen MR) is 195 cm³/mol. The molecule has 5 aromatic carbocycles. The van der Waals surface area contributed by atoms with Gasteiger partial charge >= 0.3 is 5.97 Å². The molecule has 0 atom stereocenters. The number of carbonyl (C=O) groups is 1. The molecule has 6 heteroatoms. The molecule has 0 saturated carbocycles. The molecule has 240 valence electrons. The van der Waals surface area contributed by atoms with Crippen LogP contribution in [0.4, 0.5) is 5.69 Å². The molecule has 0 fully saturated rings. The fourth-order valence-electron chi connectivity index (χ4n) is 7.26. The molecule has 0 radical (unpaired) electrons. The van der Waals surface area contributed by atoms with Crippen LogP contribution in [0.25, 0.3) is 43.6 Å². The van der Waals surface area contributed by atoms with E-state index < -0.39 is 0 Å². The topological polar surface area (TPSA) is 48.6 Å². The van der Waals surface area contributed by atoms with Gasteiger partial charge in [-0.25, -0.2) is 4.79 Å². The van der Waals surface area contributed by atoms with Gasteiger partial charge in [-0.3, -0.25) is 0 Å². The molecule has 4 aliphatic heterocycles. The van der Waals surface area contributed by atoms with E-state index in [0.29, 0.717) is 18.8 Å². The summed E-state index contributed by atoms with van der Waals surface area (Å²) in [6.07, 6.45) is 1.04. The Balaban J connectivity index is 1.15. The van der Waals surface area contributed by atoms with Crippen LogP contribution in [0.15, 0.2) is 121 Å². The highest BCUT2D eigenvalue weighted by atomic mass is 16.6. The first-order valence-corrected chi connectivity index (χ1v) is 16.8. The van der Waals surface area contributed by atoms with Gasteiger partial charge < -0.3 is 23.5 Å². The summed E-state index contributed by atoms with van der Waals surface area (Å²) in [5.41, 5.74) is 10.4. The van der Waals surface area contributed by atoms with Gasteiger partial charge in [-0.1, -0.05) is 67.2 Å². The van der Waals surface area contributed by atoms with Crippen molar-refractivity contribution in [1.82, 2.24) is 9.13 Å². The number of carbonyl (C=O) groups excluding carboxylic acids is 1. The molecule has 0 saturated heterocycles. The number of ether oxygens (including phenoxy) is 2.